The first kappa shape index (κ1) is 8.19. The number of aliphatic hydroxyl groups excluding tert-OH is 1. The fourth-order valence-electron chi connectivity index (χ4n) is 1.31. The molecular weight excluding hydrogens is 166 g/mol. The molecule has 1 aliphatic rings. The number of nitrogens with zero attached hydrogens (tertiary/aromatic N) is 3. The van der Waals surface area contributed by atoms with Crippen LogP contribution in [0.3, 0.4) is 0 Å². The van der Waals surface area contributed by atoms with Gasteiger partial charge >= 0.3 is 0 Å². The highest BCUT2D eigenvalue weighted by Gasteiger charge is 2.17. The highest BCUT2D eigenvalue weighted by atomic mass is 16.3. The molecule has 1 unspecified atom stereocenters. The van der Waals surface area contributed by atoms with Crippen LogP contribution in [-0.2, 0) is 0 Å². The Balaban J connectivity index is 2.54. The van der Waals surface area contributed by atoms with Crippen molar-refractivity contribution in [3.8, 4) is 0 Å². The zero-order valence-corrected chi connectivity index (χ0v) is 7.60. The third kappa shape index (κ3) is 1.29. The second-order valence-electron chi connectivity index (χ2n) is 3.08. The summed E-state index contributed by atoms with van der Waals surface area (Å²) in [5.74, 6) is 1.50. The number of aryl methyl sites for hydroxylation is 1. The Bertz CT molecular complexity index is 362. The Morgan fingerprint density at radius 2 is 2.31 bits per heavy atom. The van der Waals surface area contributed by atoms with E-state index in [2.05, 4.69) is 9.97 Å². The molecular formula is C9H11N3O. The zero-order chi connectivity index (χ0) is 9.42. The zero-order valence-electron chi connectivity index (χ0n) is 7.60. The molecule has 2 heterocycles. The van der Waals surface area contributed by atoms with Gasteiger partial charge in [0.2, 0.25) is 0 Å². The van der Waals surface area contributed by atoms with Crippen molar-refractivity contribution in [2.24, 2.45) is 0 Å². The molecule has 0 radical (unpaired) electrons. The van der Waals surface area contributed by atoms with Crippen molar-refractivity contribution in [1.29, 1.82) is 0 Å². The van der Waals surface area contributed by atoms with E-state index in [-0.39, 0.29) is 0 Å². The van der Waals surface area contributed by atoms with Crippen molar-refractivity contribution in [3.05, 3.63) is 23.7 Å². The molecule has 0 spiro atoms. The lowest BCUT2D eigenvalue weighted by Gasteiger charge is -2.26. The van der Waals surface area contributed by atoms with Gasteiger partial charge < -0.3 is 10.0 Å². The van der Waals surface area contributed by atoms with Crippen LogP contribution in [0.4, 0.5) is 5.82 Å². The quantitative estimate of drug-likeness (QED) is 0.629. The molecule has 0 saturated heterocycles. The number of hydrogen-bond donors (Lipinski definition) is 1. The van der Waals surface area contributed by atoms with Crippen LogP contribution < -0.4 is 4.90 Å². The van der Waals surface area contributed by atoms with E-state index in [1.165, 1.54) is 0 Å². The molecule has 1 aromatic heterocycles. The smallest absolute Gasteiger partial charge is 0.147 e. The Kier molecular flexibility index (Phi) is 1.77. The lowest BCUT2D eigenvalue weighted by Crippen LogP contribution is -2.32. The minimum atomic E-state index is -0.582. The van der Waals surface area contributed by atoms with Crippen LogP contribution in [0.15, 0.2) is 12.3 Å². The highest BCUT2D eigenvalue weighted by molar-refractivity contribution is 5.67. The molecule has 68 valence electrons. The van der Waals surface area contributed by atoms with E-state index >= 15 is 0 Å². The van der Waals surface area contributed by atoms with Gasteiger partial charge in [-0.05, 0) is 19.1 Å². The molecule has 0 amide bonds. The molecule has 0 saturated carbocycles. The highest BCUT2D eigenvalue weighted by Crippen LogP contribution is 2.23. The third-order valence-corrected chi connectivity index (χ3v) is 2.10. The number of rotatable bonds is 0. The Hall–Kier alpha value is -1.42. The number of anilines is 1. The largest absolute Gasteiger partial charge is 0.370 e. The van der Waals surface area contributed by atoms with E-state index in [0.717, 1.165) is 11.4 Å². The van der Waals surface area contributed by atoms with Gasteiger partial charge in [0, 0.05) is 18.8 Å². The summed E-state index contributed by atoms with van der Waals surface area (Å²) in [5.41, 5.74) is 0.943. The summed E-state index contributed by atoms with van der Waals surface area (Å²) in [4.78, 5) is 10.0. The van der Waals surface area contributed by atoms with Gasteiger partial charge in [-0.1, -0.05) is 0 Å². The van der Waals surface area contributed by atoms with E-state index in [1.807, 2.05) is 13.0 Å². The van der Waals surface area contributed by atoms with Crippen LogP contribution in [0.1, 0.15) is 11.4 Å². The second kappa shape index (κ2) is 2.81. The summed E-state index contributed by atoms with van der Waals surface area (Å²) in [6.07, 6.45) is 4.72. The molecule has 2 rings (SSSR count). The van der Waals surface area contributed by atoms with E-state index in [1.54, 1.807) is 24.2 Å². The average molecular weight is 177 g/mol. The number of aliphatic hydroxyl groups is 1. The number of fused-ring (bicyclic) bond motifs is 1. The molecule has 1 atom stereocenters. The van der Waals surface area contributed by atoms with Crippen LogP contribution in [0, 0.1) is 6.92 Å². The summed E-state index contributed by atoms with van der Waals surface area (Å²) >= 11 is 0. The maximum absolute atomic E-state index is 9.49. The summed E-state index contributed by atoms with van der Waals surface area (Å²) in [7, 11) is 1.80. The van der Waals surface area contributed by atoms with Crippen LogP contribution >= 0.6 is 0 Å². The maximum atomic E-state index is 9.49. The van der Waals surface area contributed by atoms with Gasteiger partial charge in [0.1, 0.15) is 17.9 Å². The van der Waals surface area contributed by atoms with E-state index in [4.69, 9.17) is 0 Å². The van der Waals surface area contributed by atoms with Gasteiger partial charge in [0.05, 0.1) is 0 Å². The average Bonchev–Trinajstić information content (AvgIpc) is 2.12. The predicted molar refractivity (Wildman–Crippen MR) is 50.2 cm³/mol. The van der Waals surface area contributed by atoms with Crippen LogP contribution in [0.2, 0.25) is 0 Å². The predicted octanol–water partition coefficient (Wildman–Crippen LogP) is 0.566. The summed E-state index contributed by atoms with van der Waals surface area (Å²) in [6.45, 7) is 1.83. The molecule has 0 bridgehead atoms. The third-order valence-electron chi connectivity index (χ3n) is 2.10. The lowest BCUT2D eigenvalue weighted by molar-refractivity contribution is 0.222. The summed E-state index contributed by atoms with van der Waals surface area (Å²) < 4.78 is 0. The number of aromatic nitrogens is 2. The molecule has 0 aromatic carbocycles. The SMILES string of the molecule is Cc1ncc2c(n1)N(C)C(O)C=C2. The molecule has 1 aliphatic heterocycles. The lowest BCUT2D eigenvalue weighted by atomic mass is 10.2. The van der Waals surface area contributed by atoms with Gasteiger partial charge in [-0.25, -0.2) is 9.97 Å². The molecule has 4 heteroatoms. The first-order chi connectivity index (χ1) is 6.18. The van der Waals surface area contributed by atoms with Crippen LogP contribution in [0.5, 0.6) is 0 Å². The molecule has 1 N–H and O–H groups in total. The van der Waals surface area contributed by atoms with Gasteiger partial charge in [-0.2, -0.15) is 0 Å². The van der Waals surface area contributed by atoms with Crippen molar-refractivity contribution >= 4 is 11.9 Å². The minimum Gasteiger partial charge on any atom is -0.370 e. The van der Waals surface area contributed by atoms with Gasteiger partial charge in [-0.15, -0.1) is 0 Å². The number of hydrogen-bond acceptors (Lipinski definition) is 4. The maximum Gasteiger partial charge on any atom is 0.147 e. The fraction of sp³-hybridized carbons (Fsp3) is 0.333. The van der Waals surface area contributed by atoms with Gasteiger partial charge in [-0.3, -0.25) is 0 Å². The van der Waals surface area contributed by atoms with Crippen molar-refractivity contribution in [2.75, 3.05) is 11.9 Å². The van der Waals surface area contributed by atoms with Crippen molar-refractivity contribution < 1.29 is 5.11 Å². The fourth-order valence-corrected chi connectivity index (χ4v) is 1.31. The number of likely N-dealkylation sites (N-methyl/N-ethyl adjacent to an activating group) is 1. The van der Waals surface area contributed by atoms with Crippen molar-refractivity contribution in [1.82, 2.24) is 9.97 Å². The molecule has 0 fully saturated rings. The standard InChI is InChI=1S/C9H11N3O/c1-6-10-5-7-3-4-8(13)12(2)9(7)11-6/h3-5,8,13H,1-2H3. The monoisotopic (exact) mass is 177 g/mol. The Morgan fingerprint density at radius 1 is 1.54 bits per heavy atom. The van der Waals surface area contributed by atoms with E-state index in [0.29, 0.717) is 5.82 Å². The topological polar surface area (TPSA) is 49.2 Å². The Labute approximate surface area is 76.6 Å². The van der Waals surface area contributed by atoms with E-state index in [9.17, 15) is 5.11 Å². The summed E-state index contributed by atoms with van der Waals surface area (Å²) in [6, 6.07) is 0. The van der Waals surface area contributed by atoms with Crippen molar-refractivity contribution in [3.63, 3.8) is 0 Å². The molecule has 13 heavy (non-hydrogen) atoms. The first-order valence-electron chi connectivity index (χ1n) is 4.11. The summed E-state index contributed by atoms with van der Waals surface area (Å²) in [5, 5.41) is 9.49. The first-order valence-corrected chi connectivity index (χ1v) is 4.11. The Morgan fingerprint density at radius 3 is 3.08 bits per heavy atom. The van der Waals surface area contributed by atoms with Gasteiger partial charge in [0.15, 0.2) is 0 Å². The molecule has 4 nitrogen and oxygen atoms in total. The van der Waals surface area contributed by atoms with Crippen LogP contribution in [0.25, 0.3) is 6.08 Å². The second-order valence-corrected chi connectivity index (χ2v) is 3.08. The van der Waals surface area contributed by atoms with Crippen LogP contribution in [-0.4, -0.2) is 28.4 Å². The van der Waals surface area contributed by atoms with Gasteiger partial charge in [0.25, 0.3) is 0 Å². The van der Waals surface area contributed by atoms with E-state index < -0.39 is 6.23 Å². The van der Waals surface area contributed by atoms with Crippen molar-refractivity contribution in [2.45, 2.75) is 13.2 Å². The molecule has 1 aromatic rings. The molecule has 0 aliphatic carbocycles. The minimum absolute atomic E-state index is 0.582. The normalized spacial score (nSPS) is 20.2.